The van der Waals surface area contributed by atoms with Crippen molar-refractivity contribution in [1.82, 2.24) is 9.97 Å². The highest BCUT2D eigenvalue weighted by atomic mass is 32.2. The summed E-state index contributed by atoms with van der Waals surface area (Å²) in [4.78, 5) is 34.1. The third-order valence-electron chi connectivity index (χ3n) is 4.37. The predicted molar refractivity (Wildman–Crippen MR) is 120 cm³/mol. The lowest BCUT2D eigenvalue weighted by Gasteiger charge is -2.10. The van der Waals surface area contributed by atoms with Crippen molar-refractivity contribution in [2.75, 3.05) is 18.2 Å². The van der Waals surface area contributed by atoms with E-state index in [1.54, 1.807) is 35.6 Å². The van der Waals surface area contributed by atoms with Crippen LogP contribution in [0.15, 0.2) is 71.3 Å². The lowest BCUT2D eigenvalue weighted by molar-refractivity contribution is -0.113. The highest BCUT2D eigenvalue weighted by Gasteiger charge is 2.16. The highest BCUT2D eigenvalue weighted by molar-refractivity contribution is 8.00. The molecule has 6 nitrogen and oxygen atoms in total. The van der Waals surface area contributed by atoms with Gasteiger partial charge in [-0.3, -0.25) is 4.79 Å². The number of carbonyl (C=O) groups is 2. The number of anilines is 1. The second kappa shape index (κ2) is 9.06. The highest BCUT2D eigenvalue weighted by Crippen LogP contribution is 2.37. The minimum atomic E-state index is -0.498. The van der Waals surface area contributed by atoms with E-state index >= 15 is 0 Å². The van der Waals surface area contributed by atoms with Crippen LogP contribution in [0.2, 0.25) is 0 Å². The van der Waals surface area contributed by atoms with Crippen LogP contribution in [-0.4, -0.2) is 34.7 Å². The first-order valence-electron chi connectivity index (χ1n) is 9.05. The summed E-state index contributed by atoms with van der Waals surface area (Å²) in [6.07, 6.45) is 1.51. The first kappa shape index (κ1) is 20.1. The van der Waals surface area contributed by atoms with Crippen LogP contribution in [0, 0.1) is 0 Å². The number of esters is 1. The number of carbonyl (C=O) groups excluding carboxylic acids is 2. The number of nitrogens with one attached hydrogen (secondary N) is 1. The molecule has 0 unspecified atom stereocenters. The molecule has 0 fully saturated rings. The average molecular weight is 436 g/mol. The van der Waals surface area contributed by atoms with Crippen molar-refractivity contribution in [3.8, 4) is 11.1 Å². The lowest BCUT2D eigenvalue weighted by atomic mass is 10.1. The molecule has 0 bridgehead atoms. The summed E-state index contributed by atoms with van der Waals surface area (Å²) >= 11 is 2.89. The van der Waals surface area contributed by atoms with E-state index < -0.39 is 5.97 Å². The molecule has 2 aromatic heterocycles. The Hall–Kier alpha value is -3.23. The first-order chi connectivity index (χ1) is 14.7. The quantitative estimate of drug-likeness (QED) is 0.264. The molecule has 0 atom stereocenters. The number of hydrogen-bond donors (Lipinski definition) is 1. The van der Waals surface area contributed by atoms with Crippen LogP contribution in [0.1, 0.15) is 10.4 Å². The first-order valence-corrected chi connectivity index (χ1v) is 10.9. The van der Waals surface area contributed by atoms with E-state index in [1.165, 1.54) is 25.2 Å². The molecule has 0 saturated heterocycles. The summed E-state index contributed by atoms with van der Waals surface area (Å²) in [7, 11) is 1.31. The van der Waals surface area contributed by atoms with Gasteiger partial charge in [-0.1, -0.05) is 54.2 Å². The van der Waals surface area contributed by atoms with E-state index in [9.17, 15) is 9.59 Å². The average Bonchev–Trinajstić information content (AvgIpc) is 3.23. The van der Waals surface area contributed by atoms with Crippen LogP contribution < -0.4 is 5.32 Å². The number of aromatic nitrogens is 2. The third-order valence-corrected chi connectivity index (χ3v) is 6.24. The molecular weight excluding hydrogens is 418 g/mol. The van der Waals surface area contributed by atoms with Crippen molar-refractivity contribution in [1.29, 1.82) is 0 Å². The zero-order valence-corrected chi connectivity index (χ0v) is 17.6. The molecule has 1 amide bonds. The summed E-state index contributed by atoms with van der Waals surface area (Å²) < 4.78 is 4.77. The number of thioether (sulfide) groups is 1. The van der Waals surface area contributed by atoms with E-state index in [4.69, 9.17) is 4.74 Å². The van der Waals surface area contributed by atoms with Crippen molar-refractivity contribution in [2.45, 2.75) is 5.03 Å². The van der Waals surface area contributed by atoms with Crippen LogP contribution in [0.25, 0.3) is 21.3 Å². The Balaban J connectivity index is 1.54. The predicted octanol–water partition coefficient (Wildman–Crippen LogP) is 4.88. The molecule has 150 valence electrons. The molecule has 0 radical (unpaired) electrons. The van der Waals surface area contributed by atoms with E-state index in [2.05, 4.69) is 20.7 Å². The Labute approximate surface area is 181 Å². The SMILES string of the molecule is COC(=O)c1ccccc1NC(=O)CSc1ncnc2scc(-c3ccccc3)c12. The smallest absolute Gasteiger partial charge is 0.339 e. The molecular formula is C22H17N3O3S2. The van der Waals surface area contributed by atoms with E-state index in [0.29, 0.717) is 11.3 Å². The van der Waals surface area contributed by atoms with Gasteiger partial charge in [0.1, 0.15) is 16.2 Å². The molecule has 8 heteroatoms. The minimum absolute atomic E-state index is 0.145. The van der Waals surface area contributed by atoms with Gasteiger partial charge in [0.15, 0.2) is 0 Å². The van der Waals surface area contributed by atoms with E-state index in [1.807, 2.05) is 30.3 Å². The van der Waals surface area contributed by atoms with Gasteiger partial charge in [-0.05, 0) is 17.7 Å². The van der Waals surface area contributed by atoms with Crippen molar-refractivity contribution in [3.63, 3.8) is 0 Å². The number of para-hydroxylation sites is 1. The fourth-order valence-electron chi connectivity index (χ4n) is 2.99. The Morgan fingerprint density at radius 1 is 1.07 bits per heavy atom. The Morgan fingerprint density at radius 3 is 2.63 bits per heavy atom. The molecule has 0 spiro atoms. The van der Waals surface area contributed by atoms with E-state index in [-0.39, 0.29) is 11.7 Å². The molecule has 0 aliphatic carbocycles. The molecule has 30 heavy (non-hydrogen) atoms. The molecule has 0 saturated carbocycles. The van der Waals surface area contributed by atoms with Gasteiger partial charge in [0.05, 0.1) is 29.5 Å². The summed E-state index contributed by atoms with van der Waals surface area (Å²) in [6, 6.07) is 16.8. The topological polar surface area (TPSA) is 81.2 Å². The van der Waals surface area contributed by atoms with Gasteiger partial charge in [0, 0.05) is 10.9 Å². The Kier molecular flexibility index (Phi) is 6.06. The molecule has 2 aromatic carbocycles. The molecule has 1 N–H and O–H groups in total. The maximum Gasteiger partial charge on any atom is 0.339 e. The third kappa shape index (κ3) is 4.19. The Morgan fingerprint density at radius 2 is 1.83 bits per heavy atom. The second-order valence-corrected chi connectivity index (χ2v) is 8.07. The van der Waals surface area contributed by atoms with Gasteiger partial charge < -0.3 is 10.1 Å². The van der Waals surface area contributed by atoms with Gasteiger partial charge in [0.2, 0.25) is 5.91 Å². The van der Waals surface area contributed by atoms with Crippen LogP contribution in [0.5, 0.6) is 0 Å². The fraction of sp³-hybridized carbons (Fsp3) is 0.0909. The number of ether oxygens (including phenoxy) is 1. The fourth-order valence-corrected chi connectivity index (χ4v) is 4.78. The molecule has 4 rings (SSSR count). The van der Waals surface area contributed by atoms with Crippen molar-refractivity contribution < 1.29 is 14.3 Å². The number of nitrogens with zero attached hydrogens (tertiary/aromatic N) is 2. The number of fused-ring (bicyclic) bond motifs is 1. The minimum Gasteiger partial charge on any atom is -0.465 e. The number of rotatable bonds is 6. The second-order valence-electron chi connectivity index (χ2n) is 6.25. The van der Waals surface area contributed by atoms with Crippen molar-refractivity contribution in [2.24, 2.45) is 0 Å². The van der Waals surface area contributed by atoms with Crippen LogP contribution in [0.3, 0.4) is 0 Å². The number of amides is 1. The summed E-state index contributed by atoms with van der Waals surface area (Å²) in [5.74, 6) is -0.590. The molecule has 2 heterocycles. The molecule has 0 aliphatic rings. The molecule has 0 aliphatic heterocycles. The van der Waals surface area contributed by atoms with Gasteiger partial charge in [0.25, 0.3) is 0 Å². The van der Waals surface area contributed by atoms with Gasteiger partial charge in [-0.25, -0.2) is 14.8 Å². The summed E-state index contributed by atoms with van der Waals surface area (Å²) in [6.45, 7) is 0. The maximum absolute atomic E-state index is 12.6. The lowest BCUT2D eigenvalue weighted by Crippen LogP contribution is -2.17. The number of thiophene rings is 1. The maximum atomic E-state index is 12.6. The summed E-state index contributed by atoms with van der Waals surface area (Å²) in [5, 5.41) is 6.54. The zero-order valence-electron chi connectivity index (χ0n) is 16.0. The van der Waals surface area contributed by atoms with Crippen LogP contribution in [-0.2, 0) is 9.53 Å². The van der Waals surface area contributed by atoms with Gasteiger partial charge >= 0.3 is 5.97 Å². The number of methoxy groups -OCH3 is 1. The largest absolute Gasteiger partial charge is 0.465 e. The Bertz CT molecular complexity index is 1210. The van der Waals surface area contributed by atoms with Crippen LogP contribution >= 0.6 is 23.1 Å². The normalized spacial score (nSPS) is 10.7. The zero-order chi connectivity index (χ0) is 20.9. The van der Waals surface area contributed by atoms with Gasteiger partial charge in [-0.2, -0.15) is 0 Å². The van der Waals surface area contributed by atoms with E-state index in [0.717, 1.165) is 26.4 Å². The van der Waals surface area contributed by atoms with Crippen LogP contribution in [0.4, 0.5) is 5.69 Å². The summed E-state index contributed by atoms with van der Waals surface area (Å²) in [5.41, 5.74) is 2.86. The van der Waals surface area contributed by atoms with Gasteiger partial charge in [-0.15, -0.1) is 11.3 Å². The standard InChI is InChI=1S/C22H17N3O3S2/c1-28-22(27)15-9-5-6-10-17(15)25-18(26)12-30-21-19-16(14-7-3-2-4-8-14)11-29-20(19)23-13-24-21/h2-11,13H,12H2,1H3,(H,25,26). The number of hydrogen-bond acceptors (Lipinski definition) is 7. The molecule has 4 aromatic rings. The monoisotopic (exact) mass is 435 g/mol. The van der Waals surface area contributed by atoms with Crippen molar-refractivity contribution in [3.05, 3.63) is 71.9 Å². The number of benzene rings is 2. The van der Waals surface area contributed by atoms with Crippen molar-refractivity contribution >= 4 is 50.9 Å².